The van der Waals surface area contributed by atoms with Crippen LogP contribution < -0.4 is 0 Å². The molecule has 0 aliphatic rings. The normalized spacial score (nSPS) is 12.1. The minimum atomic E-state index is -3.76. The van der Waals surface area contributed by atoms with E-state index < -0.39 is 16.2 Å². The van der Waals surface area contributed by atoms with E-state index in [1.165, 1.54) is 0 Å². The molecule has 16 heavy (non-hydrogen) atoms. The molecule has 0 aliphatic heterocycles. The standard InChI is InChI=1S/C11H15ClO3S/c1-4-9-6-5-7-10(12)11(9)16(13,14)15-8(2)3/h5-8H,4H2,1-3H3. The molecule has 0 saturated carbocycles. The van der Waals surface area contributed by atoms with Gasteiger partial charge in [-0.15, -0.1) is 0 Å². The van der Waals surface area contributed by atoms with Gasteiger partial charge in [0.1, 0.15) is 4.90 Å². The van der Waals surface area contributed by atoms with Crippen LogP contribution in [0.25, 0.3) is 0 Å². The first-order valence-corrected chi connectivity index (χ1v) is 6.87. The quantitative estimate of drug-likeness (QED) is 0.784. The number of aryl methyl sites for hydroxylation is 1. The first-order valence-electron chi connectivity index (χ1n) is 5.09. The van der Waals surface area contributed by atoms with Crippen LogP contribution in [0.4, 0.5) is 0 Å². The van der Waals surface area contributed by atoms with Crippen LogP contribution in [-0.4, -0.2) is 14.5 Å². The van der Waals surface area contributed by atoms with Gasteiger partial charge in [0.25, 0.3) is 10.1 Å². The molecule has 0 aliphatic carbocycles. The molecule has 0 amide bonds. The van der Waals surface area contributed by atoms with Crippen molar-refractivity contribution in [3.63, 3.8) is 0 Å². The maximum absolute atomic E-state index is 11.9. The van der Waals surface area contributed by atoms with Crippen molar-refractivity contribution in [3.05, 3.63) is 28.8 Å². The first-order chi connectivity index (χ1) is 7.38. The van der Waals surface area contributed by atoms with Crippen molar-refractivity contribution in [2.24, 2.45) is 0 Å². The second kappa shape index (κ2) is 5.17. The van der Waals surface area contributed by atoms with Gasteiger partial charge in [-0.1, -0.05) is 30.7 Å². The summed E-state index contributed by atoms with van der Waals surface area (Å²) in [6.45, 7) is 5.21. The Labute approximate surface area is 102 Å². The van der Waals surface area contributed by atoms with E-state index in [9.17, 15) is 8.42 Å². The van der Waals surface area contributed by atoms with E-state index in [1.54, 1.807) is 32.0 Å². The second-order valence-corrected chi connectivity index (χ2v) is 5.60. The highest BCUT2D eigenvalue weighted by atomic mass is 35.5. The summed E-state index contributed by atoms with van der Waals surface area (Å²) in [4.78, 5) is 0.0906. The minimum absolute atomic E-state index is 0.0906. The molecule has 0 N–H and O–H groups in total. The average Bonchev–Trinajstić information content (AvgIpc) is 2.14. The van der Waals surface area contributed by atoms with Crippen LogP contribution in [0.15, 0.2) is 23.1 Å². The highest BCUT2D eigenvalue weighted by Gasteiger charge is 2.23. The van der Waals surface area contributed by atoms with Crippen LogP contribution >= 0.6 is 11.6 Å². The molecular weight excluding hydrogens is 248 g/mol. The highest BCUT2D eigenvalue weighted by molar-refractivity contribution is 7.87. The lowest BCUT2D eigenvalue weighted by molar-refractivity contribution is 0.248. The third-order valence-corrected chi connectivity index (χ3v) is 4.05. The zero-order valence-electron chi connectivity index (χ0n) is 9.53. The highest BCUT2D eigenvalue weighted by Crippen LogP contribution is 2.27. The van der Waals surface area contributed by atoms with E-state index in [2.05, 4.69) is 0 Å². The summed E-state index contributed by atoms with van der Waals surface area (Å²) < 4.78 is 28.8. The van der Waals surface area contributed by atoms with Crippen LogP contribution in [-0.2, 0) is 20.7 Å². The second-order valence-electron chi connectivity index (χ2n) is 3.68. The first kappa shape index (κ1) is 13.5. The van der Waals surface area contributed by atoms with Gasteiger partial charge >= 0.3 is 0 Å². The molecule has 0 spiro atoms. The molecule has 0 fully saturated rings. The molecule has 5 heteroatoms. The van der Waals surface area contributed by atoms with Crippen LogP contribution in [0.3, 0.4) is 0 Å². The Hall–Kier alpha value is -0.580. The summed E-state index contributed by atoms with van der Waals surface area (Å²) in [6.07, 6.45) is 0.197. The monoisotopic (exact) mass is 262 g/mol. The summed E-state index contributed by atoms with van der Waals surface area (Å²) in [5.41, 5.74) is 0.674. The fraction of sp³-hybridized carbons (Fsp3) is 0.455. The topological polar surface area (TPSA) is 43.4 Å². The van der Waals surface area contributed by atoms with Crippen molar-refractivity contribution in [2.75, 3.05) is 0 Å². The molecule has 0 atom stereocenters. The maximum Gasteiger partial charge on any atom is 0.298 e. The molecule has 0 unspecified atom stereocenters. The van der Waals surface area contributed by atoms with Gasteiger partial charge in [-0.05, 0) is 31.9 Å². The molecule has 3 nitrogen and oxygen atoms in total. The van der Waals surface area contributed by atoms with Crippen LogP contribution in [0.2, 0.25) is 5.02 Å². The summed E-state index contributed by atoms with van der Waals surface area (Å²) in [6, 6.07) is 5.02. The predicted octanol–water partition coefficient (Wildman–Crippen LogP) is 3.02. The fourth-order valence-corrected chi connectivity index (χ4v) is 3.33. The van der Waals surface area contributed by atoms with Gasteiger partial charge in [0.15, 0.2) is 0 Å². The van der Waals surface area contributed by atoms with Crippen LogP contribution in [0.5, 0.6) is 0 Å². The van der Waals surface area contributed by atoms with Gasteiger partial charge < -0.3 is 0 Å². The smallest absolute Gasteiger partial charge is 0.264 e. The lowest BCUT2D eigenvalue weighted by atomic mass is 10.2. The molecule has 0 heterocycles. The molecule has 90 valence electrons. The van der Waals surface area contributed by atoms with Crippen molar-refractivity contribution in [1.29, 1.82) is 0 Å². The molecule has 0 bridgehead atoms. The molecular formula is C11H15ClO3S. The Morgan fingerprint density at radius 1 is 1.38 bits per heavy atom. The number of rotatable bonds is 4. The van der Waals surface area contributed by atoms with E-state index in [0.717, 1.165) is 0 Å². The van der Waals surface area contributed by atoms with Gasteiger partial charge in [0, 0.05) is 0 Å². The zero-order valence-corrected chi connectivity index (χ0v) is 11.1. The fourth-order valence-electron chi connectivity index (χ4n) is 1.41. The van der Waals surface area contributed by atoms with Gasteiger partial charge in [-0.3, -0.25) is 4.18 Å². The number of hydrogen-bond acceptors (Lipinski definition) is 3. The van der Waals surface area contributed by atoms with E-state index in [-0.39, 0.29) is 9.92 Å². The van der Waals surface area contributed by atoms with Crippen molar-refractivity contribution in [2.45, 2.75) is 38.2 Å². The third-order valence-electron chi connectivity index (χ3n) is 2.00. The summed E-state index contributed by atoms with van der Waals surface area (Å²) in [5.74, 6) is 0. The number of hydrogen-bond donors (Lipinski definition) is 0. The maximum atomic E-state index is 11.9. The van der Waals surface area contributed by atoms with Gasteiger partial charge in [-0.2, -0.15) is 8.42 Å². The molecule has 0 saturated heterocycles. The Kier molecular flexibility index (Phi) is 4.35. The Morgan fingerprint density at radius 3 is 2.50 bits per heavy atom. The van der Waals surface area contributed by atoms with Gasteiger partial charge in [-0.25, -0.2) is 0 Å². The largest absolute Gasteiger partial charge is 0.298 e. The number of halogens is 1. The molecule has 1 aromatic carbocycles. The van der Waals surface area contributed by atoms with E-state index >= 15 is 0 Å². The Balaban J connectivity index is 3.32. The van der Waals surface area contributed by atoms with Crippen LogP contribution in [0.1, 0.15) is 26.3 Å². The predicted molar refractivity (Wildman–Crippen MR) is 64.2 cm³/mol. The zero-order chi connectivity index (χ0) is 12.3. The summed E-state index contributed by atoms with van der Waals surface area (Å²) in [5, 5.41) is 0.208. The Morgan fingerprint density at radius 2 is 2.00 bits per heavy atom. The molecule has 1 rings (SSSR count). The van der Waals surface area contributed by atoms with Crippen molar-refractivity contribution in [3.8, 4) is 0 Å². The summed E-state index contributed by atoms with van der Waals surface area (Å²) >= 11 is 5.92. The van der Waals surface area contributed by atoms with Gasteiger partial charge in [0.05, 0.1) is 11.1 Å². The lowest BCUT2D eigenvalue weighted by Gasteiger charge is -2.12. The van der Waals surface area contributed by atoms with Crippen molar-refractivity contribution in [1.82, 2.24) is 0 Å². The third kappa shape index (κ3) is 2.97. The van der Waals surface area contributed by atoms with Gasteiger partial charge in [0.2, 0.25) is 0 Å². The molecule has 0 radical (unpaired) electrons. The van der Waals surface area contributed by atoms with E-state index in [1.807, 2.05) is 6.92 Å². The van der Waals surface area contributed by atoms with E-state index in [0.29, 0.717) is 12.0 Å². The van der Waals surface area contributed by atoms with Crippen LogP contribution in [0, 0.1) is 0 Å². The van der Waals surface area contributed by atoms with E-state index in [4.69, 9.17) is 15.8 Å². The van der Waals surface area contributed by atoms with Crippen molar-refractivity contribution >= 4 is 21.7 Å². The summed E-state index contributed by atoms with van der Waals surface area (Å²) in [7, 11) is -3.76. The van der Waals surface area contributed by atoms with Crippen molar-refractivity contribution < 1.29 is 12.6 Å². The molecule has 0 aromatic heterocycles. The molecule has 1 aromatic rings. The minimum Gasteiger partial charge on any atom is -0.264 e. The lowest BCUT2D eigenvalue weighted by Crippen LogP contribution is -2.14. The average molecular weight is 263 g/mol. The SMILES string of the molecule is CCc1cccc(Cl)c1S(=O)(=O)OC(C)C. The number of benzene rings is 1. The Bertz CT molecular complexity index is 466.